The molecule has 0 bridgehead atoms. The first-order chi connectivity index (χ1) is 16.9. The van der Waals surface area contributed by atoms with E-state index in [-0.39, 0.29) is 6.04 Å². The highest BCUT2D eigenvalue weighted by atomic mass is 35.5. The minimum Gasteiger partial charge on any atom is -0.337 e. The highest BCUT2D eigenvalue weighted by Gasteiger charge is 2.34. The summed E-state index contributed by atoms with van der Waals surface area (Å²) >= 11 is 6.37. The van der Waals surface area contributed by atoms with Crippen molar-refractivity contribution in [1.29, 1.82) is 0 Å². The number of benzene rings is 2. The molecule has 176 valence electrons. The summed E-state index contributed by atoms with van der Waals surface area (Å²) < 4.78 is 1.65. The number of hydrogen-bond donors (Lipinski definition) is 0. The van der Waals surface area contributed by atoms with Crippen molar-refractivity contribution < 1.29 is 0 Å². The molecule has 1 atom stereocenters. The van der Waals surface area contributed by atoms with Gasteiger partial charge in [0.1, 0.15) is 6.33 Å². The van der Waals surface area contributed by atoms with Crippen molar-refractivity contribution in [1.82, 2.24) is 25.1 Å². The summed E-state index contributed by atoms with van der Waals surface area (Å²) in [5, 5.41) is 12.3. The molecule has 35 heavy (non-hydrogen) atoms. The molecule has 0 N–H and O–H groups in total. The smallest absolute Gasteiger partial charge is 0.143 e. The van der Waals surface area contributed by atoms with Crippen molar-refractivity contribution in [2.45, 2.75) is 39.7 Å². The van der Waals surface area contributed by atoms with Gasteiger partial charge in [-0.15, -0.1) is 5.10 Å². The van der Waals surface area contributed by atoms with Crippen LogP contribution in [-0.4, -0.2) is 36.9 Å². The molecule has 1 aromatic heterocycles. The van der Waals surface area contributed by atoms with Gasteiger partial charge in [-0.05, 0) is 85.5 Å². The van der Waals surface area contributed by atoms with Gasteiger partial charge in [0.15, 0.2) is 0 Å². The van der Waals surface area contributed by atoms with Crippen LogP contribution in [0.1, 0.15) is 43.4 Å². The second-order valence-corrected chi connectivity index (χ2v) is 9.30. The molecule has 2 aliphatic heterocycles. The van der Waals surface area contributed by atoms with Crippen molar-refractivity contribution in [2.24, 2.45) is 4.99 Å². The number of allylic oxidation sites excluding steroid dienone is 5. The predicted octanol–water partition coefficient (Wildman–Crippen LogP) is 6.41. The van der Waals surface area contributed by atoms with Crippen molar-refractivity contribution in [3.05, 3.63) is 107 Å². The fourth-order valence-corrected chi connectivity index (χ4v) is 4.95. The predicted molar refractivity (Wildman–Crippen MR) is 142 cm³/mol. The van der Waals surface area contributed by atoms with Gasteiger partial charge in [0.05, 0.1) is 17.4 Å². The number of rotatable bonds is 5. The van der Waals surface area contributed by atoms with E-state index in [1.807, 2.05) is 25.1 Å². The Morgan fingerprint density at radius 3 is 2.69 bits per heavy atom. The number of aryl methyl sites for hydroxylation is 1. The van der Waals surface area contributed by atoms with Crippen LogP contribution < -0.4 is 0 Å². The molecule has 3 aromatic rings. The van der Waals surface area contributed by atoms with Gasteiger partial charge in [-0.3, -0.25) is 4.99 Å². The topological polar surface area (TPSA) is 59.2 Å². The van der Waals surface area contributed by atoms with E-state index >= 15 is 0 Å². The summed E-state index contributed by atoms with van der Waals surface area (Å²) in [4.78, 5) is 7.35. The standard InChI is InChI=1S/C28H27ClN6/c1-5-26(21-8-6-18(2)7-9-21)31-20(4)27-13-11-24-15-22(14-19(3)35(24)27)25-16-23(29)10-12-28(25)34-17-30-32-33-34/h5-10,12,14-17,27H,3,11,13H2,1-2,4H3/b26-5-,31-20?. The van der Waals surface area contributed by atoms with E-state index in [1.54, 1.807) is 11.0 Å². The number of tetrazole rings is 1. The highest BCUT2D eigenvalue weighted by Crippen LogP contribution is 2.40. The Labute approximate surface area is 210 Å². The Hall–Kier alpha value is -3.77. The van der Waals surface area contributed by atoms with Crippen molar-refractivity contribution >= 4 is 28.6 Å². The number of nitrogens with zero attached hydrogens (tertiary/aromatic N) is 6. The van der Waals surface area contributed by atoms with Gasteiger partial charge in [-0.2, -0.15) is 4.68 Å². The summed E-state index contributed by atoms with van der Waals surface area (Å²) in [6.45, 7) is 10.7. The summed E-state index contributed by atoms with van der Waals surface area (Å²) in [5.74, 6) is 0. The van der Waals surface area contributed by atoms with Gasteiger partial charge in [0.2, 0.25) is 0 Å². The molecule has 7 heteroatoms. The van der Waals surface area contributed by atoms with Gasteiger partial charge in [0.25, 0.3) is 0 Å². The van der Waals surface area contributed by atoms with Crippen molar-refractivity contribution in [3.8, 4) is 5.69 Å². The molecule has 2 aliphatic rings. The third kappa shape index (κ3) is 4.49. The molecular formula is C28H27ClN6. The zero-order chi connectivity index (χ0) is 24.5. The van der Waals surface area contributed by atoms with Crippen LogP contribution in [-0.2, 0) is 0 Å². The van der Waals surface area contributed by atoms with Gasteiger partial charge < -0.3 is 4.90 Å². The van der Waals surface area contributed by atoms with Crippen LogP contribution in [0.25, 0.3) is 17.0 Å². The number of aromatic nitrogens is 4. The lowest BCUT2D eigenvalue weighted by atomic mass is 9.98. The maximum absolute atomic E-state index is 6.37. The summed E-state index contributed by atoms with van der Waals surface area (Å²) in [6, 6.07) is 14.4. The van der Waals surface area contributed by atoms with Gasteiger partial charge in [0, 0.05) is 27.7 Å². The molecule has 0 amide bonds. The fraction of sp³-hybridized carbons (Fsp3) is 0.214. The molecule has 3 heterocycles. The summed E-state index contributed by atoms with van der Waals surface area (Å²) in [7, 11) is 0. The van der Waals surface area contributed by atoms with Gasteiger partial charge in [-0.25, -0.2) is 0 Å². The summed E-state index contributed by atoms with van der Waals surface area (Å²) in [6.07, 6.45) is 9.92. The van der Waals surface area contributed by atoms with E-state index < -0.39 is 0 Å². The summed E-state index contributed by atoms with van der Waals surface area (Å²) in [5.41, 5.74) is 9.47. The molecule has 0 spiro atoms. The van der Waals surface area contributed by atoms with E-state index in [2.05, 4.69) is 83.3 Å². The second kappa shape index (κ2) is 9.47. The average molecular weight is 483 g/mol. The maximum Gasteiger partial charge on any atom is 0.143 e. The Bertz CT molecular complexity index is 1390. The number of halogens is 1. The van der Waals surface area contributed by atoms with Crippen LogP contribution in [0.3, 0.4) is 0 Å². The van der Waals surface area contributed by atoms with Crippen LogP contribution in [0.5, 0.6) is 0 Å². The van der Waals surface area contributed by atoms with Crippen LogP contribution >= 0.6 is 11.6 Å². The molecule has 0 radical (unpaired) electrons. The van der Waals surface area contributed by atoms with Crippen molar-refractivity contribution in [2.75, 3.05) is 0 Å². The van der Waals surface area contributed by atoms with E-state index in [1.165, 1.54) is 11.3 Å². The molecule has 6 nitrogen and oxygen atoms in total. The molecule has 1 fully saturated rings. The monoisotopic (exact) mass is 482 g/mol. The highest BCUT2D eigenvalue weighted by molar-refractivity contribution is 6.30. The zero-order valence-electron chi connectivity index (χ0n) is 20.1. The molecule has 2 aromatic carbocycles. The Balaban J connectivity index is 1.45. The molecule has 1 saturated heterocycles. The number of fused-ring (bicyclic) bond motifs is 1. The number of aliphatic imine (C=N–C) groups is 1. The van der Waals surface area contributed by atoms with E-state index in [0.29, 0.717) is 5.02 Å². The first kappa shape index (κ1) is 23.0. The van der Waals surface area contributed by atoms with Crippen LogP contribution in [0, 0.1) is 6.92 Å². The molecule has 1 unspecified atom stereocenters. The van der Waals surface area contributed by atoms with E-state index in [0.717, 1.165) is 52.3 Å². The Kier molecular flexibility index (Phi) is 6.22. The minimum absolute atomic E-state index is 0.172. The normalized spacial score (nSPS) is 18.5. The third-order valence-corrected chi connectivity index (χ3v) is 6.75. The SMILES string of the molecule is C=C1C=C(c2cc(Cl)ccc2-n2cnnn2)C=C2CCC(C(C)=N/C(=C\C)c3ccc(C)cc3)N12. The molecular weight excluding hydrogens is 456 g/mol. The molecule has 0 aliphatic carbocycles. The fourth-order valence-electron chi connectivity index (χ4n) is 4.78. The zero-order valence-corrected chi connectivity index (χ0v) is 20.9. The average Bonchev–Trinajstić information content (AvgIpc) is 3.53. The van der Waals surface area contributed by atoms with Gasteiger partial charge in [-0.1, -0.05) is 54.1 Å². The van der Waals surface area contributed by atoms with E-state index in [4.69, 9.17) is 16.6 Å². The third-order valence-electron chi connectivity index (χ3n) is 6.51. The molecule has 0 saturated carbocycles. The number of hydrogen-bond acceptors (Lipinski definition) is 5. The molecule has 5 rings (SSSR count). The minimum atomic E-state index is 0.172. The lowest BCUT2D eigenvalue weighted by Gasteiger charge is -2.32. The lowest BCUT2D eigenvalue weighted by molar-refractivity contribution is 0.446. The Morgan fingerprint density at radius 2 is 1.97 bits per heavy atom. The second-order valence-electron chi connectivity index (χ2n) is 8.86. The van der Waals surface area contributed by atoms with Crippen LogP contribution in [0.15, 0.2) is 90.0 Å². The maximum atomic E-state index is 6.37. The Morgan fingerprint density at radius 1 is 1.17 bits per heavy atom. The lowest BCUT2D eigenvalue weighted by Crippen LogP contribution is -2.33. The first-order valence-corrected chi connectivity index (χ1v) is 12.0. The van der Waals surface area contributed by atoms with Crippen LogP contribution in [0.4, 0.5) is 0 Å². The quantitative estimate of drug-likeness (QED) is 0.394. The largest absolute Gasteiger partial charge is 0.337 e. The van der Waals surface area contributed by atoms with E-state index in [9.17, 15) is 0 Å². The van der Waals surface area contributed by atoms with Crippen LogP contribution in [0.2, 0.25) is 5.02 Å². The first-order valence-electron chi connectivity index (χ1n) is 11.7. The van der Waals surface area contributed by atoms with Crippen molar-refractivity contribution in [3.63, 3.8) is 0 Å². The van der Waals surface area contributed by atoms with Gasteiger partial charge >= 0.3 is 0 Å².